The monoisotopic (exact) mass is 228 g/mol. The van der Waals surface area contributed by atoms with Crippen LogP contribution in [-0.4, -0.2) is 21.9 Å². The summed E-state index contributed by atoms with van der Waals surface area (Å²) in [6.45, 7) is 9.12. The third kappa shape index (κ3) is 3.43. The molecule has 1 aromatic rings. The highest BCUT2D eigenvalue weighted by molar-refractivity contribution is 7.09. The summed E-state index contributed by atoms with van der Waals surface area (Å²) in [5, 5.41) is 4.23. The van der Waals surface area contributed by atoms with Crippen molar-refractivity contribution < 1.29 is 0 Å². The van der Waals surface area contributed by atoms with Gasteiger partial charge in [-0.05, 0) is 19.4 Å². The van der Waals surface area contributed by atoms with Crippen molar-refractivity contribution in [1.29, 1.82) is 0 Å². The molecule has 0 amide bonds. The average Bonchev–Trinajstić information content (AvgIpc) is 2.65. The van der Waals surface area contributed by atoms with E-state index in [1.807, 2.05) is 0 Å². The number of nitrogens with two attached hydrogens (primary N) is 1. The standard InChI is InChI=1S/C10H20N4S/c1-6(2)9-13-10(15-14-9)12-8(4)7(3)5-11/h6-8H,5,11H2,1-4H3,(H,12,13,14). The minimum Gasteiger partial charge on any atom is -0.358 e. The average molecular weight is 228 g/mol. The van der Waals surface area contributed by atoms with E-state index in [2.05, 4.69) is 42.4 Å². The lowest BCUT2D eigenvalue weighted by Gasteiger charge is -2.18. The molecule has 2 unspecified atom stereocenters. The molecule has 0 saturated carbocycles. The van der Waals surface area contributed by atoms with Gasteiger partial charge in [0.1, 0.15) is 5.82 Å². The molecule has 0 aliphatic rings. The van der Waals surface area contributed by atoms with Crippen LogP contribution in [0.25, 0.3) is 0 Å². The highest BCUT2D eigenvalue weighted by Crippen LogP contribution is 2.19. The third-order valence-corrected chi connectivity index (χ3v) is 3.20. The van der Waals surface area contributed by atoms with Crippen LogP contribution >= 0.6 is 11.5 Å². The smallest absolute Gasteiger partial charge is 0.202 e. The Morgan fingerprint density at radius 3 is 2.47 bits per heavy atom. The molecule has 0 saturated heterocycles. The fourth-order valence-corrected chi connectivity index (χ4v) is 1.87. The fraction of sp³-hybridized carbons (Fsp3) is 0.800. The number of rotatable bonds is 5. The minimum absolute atomic E-state index is 0.336. The van der Waals surface area contributed by atoms with E-state index in [1.54, 1.807) is 0 Å². The number of anilines is 1. The molecule has 2 atom stereocenters. The van der Waals surface area contributed by atoms with E-state index in [-0.39, 0.29) is 0 Å². The lowest BCUT2D eigenvalue weighted by Crippen LogP contribution is -2.29. The predicted molar refractivity (Wildman–Crippen MR) is 65.3 cm³/mol. The summed E-state index contributed by atoms with van der Waals surface area (Å²) >= 11 is 1.42. The van der Waals surface area contributed by atoms with Gasteiger partial charge in [-0.3, -0.25) is 0 Å². The lowest BCUT2D eigenvalue weighted by molar-refractivity contribution is 0.521. The maximum atomic E-state index is 5.61. The Labute approximate surface area is 95.5 Å². The molecule has 0 radical (unpaired) electrons. The van der Waals surface area contributed by atoms with Gasteiger partial charge in [-0.1, -0.05) is 20.8 Å². The molecule has 0 aliphatic heterocycles. The highest BCUT2D eigenvalue weighted by Gasteiger charge is 2.13. The van der Waals surface area contributed by atoms with Crippen LogP contribution in [0.4, 0.5) is 5.13 Å². The number of hydrogen-bond acceptors (Lipinski definition) is 5. The minimum atomic E-state index is 0.336. The van der Waals surface area contributed by atoms with Crippen LogP contribution in [0.3, 0.4) is 0 Å². The van der Waals surface area contributed by atoms with Crippen molar-refractivity contribution in [2.45, 2.75) is 39.7 Å². The van der Waals surface area contributed by atoms with Crippen molar-refractivity contribution in [3.8, 4) is 0 Å². The molecule has 86 valence electrons. The molecule has 0 aromatic carbocycles. The first-order chi connectivity index (χ1) is 7.04. The van der Waals surface area contributed by atoms with Gasteiger partial charge in [0.05, 0.1) is 0 Å². The van der Waals surface area contributed by atoms with Crippen LogP contribution in [0, 0.1) is 5.92 Å². The van der Waals surface area contributed by atoms with Crippen LogP contribution in [0.5, 0.6) is 0 Å². The Kier molecular flexibility index (Phi) is 4.47. The molecule has 0 fully saturated rings. The van der Waals surface area contributed by atoms with Crippen molar-refractivity contribution in [1.82, 2.24) is 9.36 Å². The largest absolute Gasteiger partial charge is 0.358 e. The van der Waals surface area contributed by atoms with Crippen molar-refractivity contribution >= 4 is 16.7 Å². The zero-order valence-corrected chi connectivity index (χ0v) is 10.6. The maximum absolute atomic E-state index is 5.61. The van der Waals surface area contributed by atoms with Crippen molar-refractivity contribution in [2.24, 2.45) is 11.7 Å². The summed E-state index contributed by atoms with van der Waals surface area (Å²) in [4.78, 5) is 4.42. The van der Waals surface area contributed by atoms with Crippen LogP contribution in [-0.2, 0) is 0 Å². The molecule has 3 N–H and O–H groups in total. The predicted octanol–water partition coefficient (Wildman–Crippen LogP) is 2.06. The first-order valence-corrected chi connectivity index (χ1v) is 6.12. The second-order valence-corrected chi connectivity index (χ2v) is 5.01. The van der Waals surface area contributed by atoms with Crippen LogP contribution in [0.2, 0.25) is 0 Å². The van der Waals surface area contributed by atoms with Gasteiger partial charge in [0.15, 0.2) is 0 Å². The molecule has 5 heteroatoms. The lowest BCUT2D eigenvalue weighted by atomic mass is 10.1. The quantitative estimate of drug-likeness (QED) is 0.809. The van der Waals surface area contributed by atoms with Crippen LogP contribution in [0.1, 0.15) is 39.4 Å². The summed E-state index contributed by atoms with van der Waals surface area (Å²) in [7, 11) is 0. The molecule has 1 rings (SSSR count). The van der Waals surface area contributed by atoms with E-state index in [0.29, 0.717) is 24.4 Å². The Hall–Kier alpha value is -0.680. The van der Waals surface area contributed by atoms with Gasteiger partial charge < -0.3 is 11.1 Å². The van der Waals surface area contributed by atoms with Gasteiger partial charge in [0.2, 0.25) is 5.13 Å². The third-order valence-electron chi connectivity index (χ3n) is 2.53. The molecule has 0 bridgehead atoms. The van der Waals surface area contributed by atoms with E-state index >= 15 is 0 Å². The van der Waals surface area contributed by atoms with Gasteiger partial charge in [-0.2, -0.15) is 4.37 Å². The van der Waals surface area contributed by atoms with Gasteiger partial charge in [-0.15, -0.1) is 0 Å². The fourth-order valence-electron chi connectivity index (χ4n) is 1.07. The maximum Gasteiger partial charge on any atom is 0.202 e. The second-order valence-electron chi connectivity index (χ2n) is 4.26. The van der Waals surface area contributed by atoms with Gasteiger partial charge in [0.25, 0.3) is 0 Å². The summed E-state index contributed by atoms with van der Waals surface area (Å²) in [6.07, 6.45) is 0. The normalized spacial score (nSPS) is 15.3. The van der Waals surface area contributed by atoms with E-state index in [1.165, 1.54) is 11.5 Å². The van der Waals surface area contributed by atoms with Gasteiger partial charge in [-0.25, -0.2) is 4.98 Å². The Morgan fingerprint density at radius 1 is 1.33 bits per heavy atom. The molecule has 0 aliphatic carbocycles. The Morgan fingerprint density at radius 2 is 2.00 bits per heavy atom. The molecule has 4 nitrogen and oxygen atoms in total. The molecule has 1 aromatic heterocycles. The molecule has 0 spiro atoms. The van der Waals surface area contributed by atoms with E-state index < -0.39 is 0 Å². The Balaban J connectivity index is 2.57. The molecular formula is C10H20N4S. The first-order valence-electron chi connectivity index (χ1n) is 5.34. The van der Waals surface area contributed by atoms with Crippen molar-refractivity contribution in [3.05, 3.63) is 5.82 Å². The first kappa shape index (κ1) is 12.4. The number of hydrogen-bond donors (Lipinski definition) is 2. The van der Waals surface area contributed by atoms with Crippen LogP contribution in [0.15, 0.2) is 0 Å². The number of nitrogens with zero attached hydrogens (tertiary/aromatic N) is 2. The number of aromatic nitrogens is 2. The topological polar surface area (TPSA) is 63.8 Å². The van der Waals surface area contributed by atoms with E-state index in [9.17, 15) is 0 Å². The molecule has 15 heavy (non-hydrogen) atoms. The second kappa shape index (κ2) is 5.42. The molecule has 1 heterocycles. The summed E-state index contributed by atoms with van der Waals surface area (Å²) < 4.78 is 4.29. The summed E-state index contributed by atoms with van der Waals surface area (Å²) in [6, 6.07) is 0.336. The SMILES string of the molecule is CC(C)c1nsc(NC(C)C(C)CN)n1. The van der Waals surface area contributed by atoms with Gasteiger partial charge >= 0.3 is 0 Å². The molecular weight excluding hydrogens is 208 g/mol. The van der Waals surface area contributed by atoms with Crippen LogP contribution < -0.4 is 11.1 Å². The number of nitrogens with one attached hydrogen (secondary N) is 1. The van der Waals surface area contributed by atoms with Crippen molar-refractivity contribution in [2.75, 3.05) is 11.9 Å². The van der Waals surface area contributed by atoms with E-state index in [4.69, 9.17) is 5.73 Å². The Bertz CT molecular complexity index is 297. The zero-order valence-electron chi connectivity index (χ0n) is 9.82. The van der Waals surface area contributed by atoms with Gasteiger partial charge in [0, 0.05) is 23.5 Å². The van der Waals surface area contributed by atoms with E-state index in [0.717, 1.165) is 11.0 Å². The zero-order chi connectivity index (χ0) is 11.4. The highest BCUT2D eigenvalue weighted by atomic mass is 32.1. The summed E-state index contributed by atoms with van der Waals surface area (Å²) in [5.74, 6) is 1.74. The van der Waals surface area contributed by atoms with Crippen molar-refractivity contribution in [3.63, 3.8) is 0 Å². The summed E-state index contributed by atoms with van der Waals surface area (Å²) in [5.41, 5.74) is 5.61.